The number of aromatic nitrogens is 1. The number of rotatable bonds is 3. The van der Waals surface area contributed by atoms with Crippen LogP contribution in [-0.4, -0.2) is 27.4 Å². The molecule has 1 aromatic heterocycles. The highest BCUT2D eigenvalue weighted by Gasteiger charge is 2.14. The molecule has 0 aliphatic heterocycles. The van der Waals surface area contributed by atoms with Gasteiger partial charge < -0.3 is 10.2 Å². The second-order valence-corrected chi connectivity index (χ2v) is 4.55. The molecule has 2 unspecified atom stereocenters. The van der Waals surface area contributed by atoms with E-state index in [4.69, 9.17) is 5.11 Å². The van der Waals surface area contributed by atoms with E-state index in [0.29, 0.717) is 6.42 Å². The molecule has 13 heavy (non-hydrogen) atoms. The van der Waals surface area contributed by atoms with Crippen LogP contribution in [0, 0.1) is 13.8 Å². The average molecular weight is 201 g/mol. The monoisotopic (exact) mass is 201 g/mol. The predicted octanol–water partition coefficient (Wildman–Crippen LogP) is 1.04. The van der Waals surface area contributed by atoms with Crippen molar-refractivity contribution in [2.45, 2.75) is 39.4 Å². The van der Waals surface area contributed by atoms with E-state index in [1.54, 1.807) is 18.3 Å². The van der Waals surface area contributed by atoms with Crippen LogP contribution in [-0.2, 0) is 6.42 Å². The van der Waals surface area contributed by atoms with Crippen LogP contribution in [0.25, 0.3) is 0 Å². The average Bonchev–Trinajstić information content (AvgIpc) is 2.31. The van der Waals surface area contributed by atoms with Gasteiger partial charge in [0, 0.05) is 11.3 Å². The number of hydrogen-bond acceptors (Lipinski definition) is 4. The molecule has 1 aromatic rings. The van der Waals surface area contributed by atoms with Crippen molar-refractivity contribution in [3.8, 4) is 0 Å². The Kier molecular flexibility index (Phi) is 3.41. The number of aliphatic hydroxyl groups excluding tert-OH is 2. The Labute approximate surface area is 82.1 Å². The second-order valence-electron chi connectivity index (χ2n) is 3.26. The number of hydrogen-bond donors (Lipinski definition) is 2. The third kappa shape index (κ3) is 2.76. The van der Waals surface area contributed by atoms with Crippen molar-refractivity contribution >= 4 is 11.3 Å². The summed E-state index contributed by atoms with van der Waals surface area (Å²) in [5, 5.41) is 19.4. The highest BCUT2D eigenvalue weighted by atomic mass is 32.1. The summed E-state index contributed by atoms with van der Waals surface area (Å²) in [5.41, 5.74) is 1.01. The van der Waals surface area contributed by atoms with E-state index in [-0.39, 0.29) is 0 Å². The van der Waals surface area contributed by atoms with E-state index in [0.717, 1.165) is 10.7 Å². The molecule has 1 rings (SSSR count). The predicted molar refractivity (Wildman–Crippen MR) is 53.0 cm³/mol. The molecule has 0 fully saturated rings. The van der Waals surface area contributed by atoms with Crippen LogP contribution in [0.3, 0.4) is 0 Å². The lowest BCUT2D eigenvalue weighted by atomic mass is 10.2. The third-order valence-corrected chi connectivity index (χ3v) is 3.11. The van der Waals surface area contributed by atoms with Gasteiger partial charge in [-0.3, -0.25) is 0 Å². The molecular formula is C9H15NO2S. The lowest BCUT2D eigenvalue weighted by Crippen LogP contribution is -2.24. The van der Waals surface area contributed by atoms with Gasteiger partial charge in [-0.05, 0) is 20.8 Å². The third-order valence-electron chi connectivity index (χ3n) is 2.01. The van der Waals surface area contributed by atoms with Crippen LogP contribution >= 0.6 is 11.3 Å². The molecule has 74 valence electrons. The first-order valence-electron chi connectivity index (χ1n) is 4.29. The molecule has 1 heterocycles. The first kappa shape index (κ1) is 10.6. The van der Waals surface area contributed by atoms with Crippen molar-refractivity contribution < 1.29 is 10.2 Å². The van der Waals surface area contributed by atoms with E-state index < -0.39 is 12.2 Å². The van der Waals surface area contributed by atoms with E-state index in [2.05, 4.69) is 4.98 Å². The summed E-state index contributed by atoms with van der Waals surface area (Å²) in [7, 11) is 0. The first-order chi connectivity index (χ1) is 6.00. The van der Waals surface area contributed by atoms with Crippen LogP contribution in [0.2, 0.25) is 0 Å². The molecule has 2 atom stereocenters. The van der Waals surface area contributed by atoms with Gasteiger partial charge in [0.05, 0.1) is 22.9 Å². The first-order valence-corrected chi connectivity index (χ1v) is 5.11. The number of aryl methyl sites for hydroxylation is 2. The summed E-state index contributed by atoms with van der Waals surface area (Å²) in [6.07, 6.45) is -0.953. The van der Waals surface area contributed by atoms with Gasteiger partial charge >= 0.3 is 0 Å². The highest BCUT2D eigenvalue weighted by molar-refractivity contribution is 7.11. The van der Waals surface area contributed by atoms with Gasteiger partial charge in [0.25, 0.3) is 0 Å². The Morgan fingerprint density at radius 3 is 2.38 bits per heavy atom. The molecule has 0 saturated carbocycles. The zero-order valence-corrected chi connectivity index (χ0v) is 8.93. The summed E-state index contributed by atoms with van der Waals surface area (Å²) >= 11 is 1.58. The number of nitrogens with zero attached hydrogens (tertiary/aromatic N) is 1. The fraction of sp³-hybridized carbons (Fsp3) is 0.667. The van der Waals surface area contributed by atoms with Gasteiger partial charge in [0.2, 0.25) is 0 Å². The SMILES string of the molecule is Cc1nc(CC(O)C(C)O)sc1C. The van der Waals surface area contributed by atoms with Crippen molar-refractivity contribution in [1.82, 2.24) is 4.98 Å². The Bertz CT molecular complexity index is 264. The van der Waals surface area contributed by atoms with Crippen LogP contribution in [0.4, 0.5) is 0 Å². The topological polar surface area (TPSA) is 53.4 Å². The second kappa shape index (κ2) is 4.17. The van der Waals surface area contributed by atoms with Crippen LogP contribution in [0.5, 0.6) is 0 Å². The Morgan fingerprint density at radius 1 is 1.38 bits per heavy atom. The van der Waals surface area contributed by atoms with Gasteiger partial charge in [-0.2, -0.15) is 0 Å². The van der Waals surface area contributed by atoms with Crippen LogP contribution in [0.15, 0.2) is 0 Å². The Morgan fingerprint density at radius 2 is 2.00 bits per heavy atom. The molecule has 2 N–H and O–H groups in total. The van der Waals surface area contributed by atoms with Gasteiger partial charge in [-0.1, -0.05) is 0 Å². The maximum absolute atomic E-state index is 9.40. The maximum Gasteiger partial charge on any atom is 0.0957 e. The smallest absolute Gasteiger partial charge is 0.0957 e. The molecule has 0 spiro atoms. The Hall–Kier alpha value is -0.450. The minimum atomic E-state index is -0.704. The molecule has 4 heteroatoms. The minimum Gasteiger partial charge on any atom is -0.391 e. The molecule has 0 amide bonds. The molecule has 0 bridgehead atoms. The molecule has 3 nitrogen and oxygen atoms in total. The van der Waals surface area contributed by atoms with E-state index in [1.807, 2.05) is 13.8 Å². The van der Waals surface area contributed by atoms with Gasteiger partial charge in [0.1, 0.15) is 0 Å². The van der Waals surface area contributed by atoms with Gasteiger partial charge in [0.15, 0.2) is 0 Å². The van der Waals surface area contributed by atoms with Crippen LogP contribution < -0.4 is 0 Å². The van der Waals surface area contributed by atoms with E-state index in [1.165, 1.54) is 4.88 Å². The Balaban J connectivity index is 2.64. The van der Waals surface area contributed by atoms with Gasteiger partial charge in [-0.15, -0.1) is 11.3 Å². The molecular weight excluding hydrogens is 186 g/mol. The van der Waals surface area contributed by atoms with Crippen molar-refractivity contribution in [2.75, 3.05) is 0 Å². The highest BCUT2D eigenvalue weighted by Crippen LogP contribution is 2.18. The van der Waals surface area contributed by atoms with Crippen LogP contribution in [0.1, 0.15) is 22.5 Å². The summed E-state index contributed by atoms with van der Waals surface area (Å²) < 4.78 is 0. The lowest BCUT2D eigenvalue weighted by Gasteiger charge is -2.10. The molecule has 0 aliphatic carbocycles. The standard InChI is InChI=1S/C9H15NO2S/c1-5-7(3)13-9(10-5)4-8(12)6(2)11/h6,8,11-12H,4H2,1-3H3. The number of aliphatic hydroxyl groups is 2. The maximum atomic E-state index is 9.40. The molecule has 0 saturated heterocycles. The summed E-state index contributed by atoms with van der Waals surface area (Å²) in [6.45, 7) is 5.54. The fourth-order valence-electron chi connectivity index (χ4n) is 0.976. The minimum absolute atomic E-state index is 0.441. The summed E-state index contributed by atoms with van der Waals surface area (Å²) in [4.78, 5) is 5.45. The lowest BCUT2D eigenvalue weighted by molar-refractivity contribution is 0.0319. The largest absolute Gasteiger partial charge is 0.391 e. The van der Waals surface area contributed by atoms with Gasteiger partial charge in [-0.25, -0.2) is 4.98 Å². The fourth-order valence-corrected chi connectivity index (χ4v) is 1.96. The molecule has 0 aromatic carbocycles. The molecule has 0 aliphatic rings. The van der Waals surface area contributed by atoms with Crippen molar-refractivity contribution in [2.24, 2.45) is 0 Å². The van der Waals surface area contributed by atoms with E-state index >= 15 is 0 Å². The zero-order chi connectivity index (χ0) is 10.0. The van der Waals surface area contributed by atoms with Crippen molar-refractivity contribution in [3.63, 3.8) is 0 Å². The summed E-state index contributed by atoms with van der Waals surface area (Å²) in [6, 6.07) is 0. The zero-order valence-electron chi connectivity index (χ0n) is 8.11. The summed E-state index contributed by atoms with van der Waals surface area (Å²) in [5.74, 6) is 0. The number of thiazole rings is 1. The quantitative estimate of drug-likeness (QED) is 0.768. The van der Waals surface area contributed by atoms with Crippen molar-refractivity contribution in [1.29, 1.82) is 0 Å². The normalized spacial score (nSPS) is 15.8. The molecule has 0 radical (unpaired) electrons. The van der Waals surface area contributed by atoms with Crippen molar-refractivity contribution in [3.05, 3.63) is 15.6 Å². The van der Waals surface area contributed by atoms with E-state index in [9.17, 15) is 5.11 Å².